The number of benzene rings is 2. The molecule has 0 saturated carbocycles. The first-order chi connectivity index (χ1) is 12.2. The molecule has 0 unspecified atom stereocenters. The van der Waals surface area contributed by atoms with Crippen molar-refractivity contribution in [3.63, 3.8) is 0 Å². The van der Waals surface area contributed by atoms with Gasteiger partial charge in [0, 0.05) is 24.1 Å². The standard InChI is InChI=1S/C20H24N2O3S/c1-15-4-7-18(8-5-15)11-13-26(24,25)21-12-10-20(23)22-19-9-6-16(2)17(3)14-19/h4-9,11,13-14,21H,10,12H2,1-3H3,(H,22,23)/b13-11+. The van der Waals surface area contributed by atoms with Gasteiger partial charge in [0.1, 0.15) is 0 Å². The summed E-state index contributed by atoms with van der Waals surface area (Å²) in [5, 5.41) is 3.88. The molecule has 138 valence electrons. The van der Waals surface area contributed by atoms with E-state index in [1.807, 2.05) is 63.2 Å². The molecule has 0 heterocycles. The van der Waals surface area contributed by atoms with Gasteiger partial charge in [0.15, 0.2) is 0 Å². The van der Waals surface area contributed by atoms with Crippen LogP contribution in [0.2, 0.25) is 0 Å². The Balaban J connectivity index is 1.82. The van der Waals surface area contributed by atoms with Gasteiger partial charge in [-0.15, -0.1) is 0 Å². The third kappa shape index (κ3) is 6.46. The van der Waals surface area contributed by atoms with Gasteiger partial charge in [-0.3, -0.25) is 4.79 Å². The SMILES string of the molecule is Cc1ccc(/C=C/S(=O)(=O)NCCC(=O)Nc2ccc(C)c(C)c2)cc1. The molecule has 0 aliphatic rings. The summed E-state index contributed by atoms with van der Waals surface area (Å²) in [6.45, 7) is 5.98. The van der Waals surface area contributed by atoms with Crippen LogP contribution in [0, 0.1) is 20.8 Å². The molecule has 2 N–H and O–H groups in total. The van der Waals surface area contributed by atoms with Crippen LogP contribution in [-0.4, -0.2) is 20.9 Å². The van der Waals surface area contributed by atoms with Crippen LogP contribution < -0.4 is 10.0 Å². The molecule has 2 rings (SSSR count). The predicted molar refractivity (Wildman–Crippen MR) is 106 cm³/mol. The topological polar surface area (TPSA) is 75.3 Å². The van der Waals surface area contributed by atoms with E-state index in [4.69, 9.17) is 0 Å². The second-order valence-corrected chi connectivity index (χ2v) is 7.90. The zero-order valence-corrected chi connectivity index (χ0v) is 16.1. The Kier molecular flexibility index (Phi) is 6.71. The van der Waals surface area contributed by atoms with Gasteiger partial charge < -0.3 is 5.32 Å². The molecule has 0 aromatic heterocycles. The Morgan fingerprint density at radius 3 is 2.35 bits per heavy atom. The summed E-state index contributed by atoms with van der Waals surface area (Å²) in [7, 11) is -3.58. The van der Waals surface area contributed by atoms with Gasteiger partial charge in [0.05, 0.1) is 0 Å². The van der Waals surface area contributed by atoms with E-state index in [1.54, 1.807) is 0 Å². The van der Waals surface area contributed by atoms with Crippen LogP contribution in [0.25, 0.3) is 6.08 Å². The molecular weight excluding hydrogens is 348 g/mol. The molecule has 6 heteroatoms. The molecule has 0 radical (unpaired) electrons. The van der Waals surface area contributed by atoms with Gasteiger partial charge in [-0.2, -0.15) is 0 Å². The Bertz CT molecular complexity index is 901. The number of hydrogen-bond donors (Lipinski definition) is 2. The second-order valence-electron chi connectivity index (χ2n) is 6.25. The van der Waals surface area contributed by atoms with Crippen molar-refractivity contribution in [2.24, 2.45) is 0 Å². The number of aryl methyl sites for hydroxylation is 3. The summed E-state index contributed by atoms with van der Waals surface area (Å²) >= 11 is 0. The Morgan fingerprint density at radius 2 is 1.69 bits per heavy atom. The average molecular weight is 372 g/mol. The molecule has 0 aliphatic heterocycles. The first-order valence-electron chi connectivity index (χ1n) is 8.37. The summed E-state index contributed by atoms with van der Waals surface area (Å²) in [5.41, 5.74) is 4.85. The number of carbonyl (C=O) groups excluding carboxylic acids is 1. The van der Waals surface area contributed by atoms with Crippen LogP contribution in [0.3, 0.4) is 0 Å². The molecule has 0 atom stereocenters. The van der Waals surface area contributed by atoms with Crippen LogP contribution in [0.1, 0.15) is 28.7 Å². The fourth-order valence-corrected chi connectivity index (χ4v) is 3.06. The lowest BCUT2D eigenvalue weighted by Gasteiger charge is -2.08. The summed E-state index contributed by atoms with van der Waals surface area (Å²) < 4.78 is 26.3. The van der Waals surface area contributed by atoms with Crippen molar-refractivity contribution >= 4 is 27.7 Å². The van der Waals surface area contributed by atoms with E-state index >= 15 is 0 Å². The molecular formula is C20H24N2O3S. The monoisotopic (exact) mass is 372 g/mol. The van der Waals surface area contributed by atoms with Crippen molar-refractivity contribution in [1.82, 2.24) is 4.72 Å². The number of nitrogens with one attached hydrogen (secondary N) is 2. The molecule has 0 spiro atoms. The molecule has 26 heavy (non-hydrogen) atoms. The summed E-state index contributed by atoms with van der Waals surface area (Å²) in [6, 6.07) is 13.2. The molecule has 2 aromatic rings. The van der Waals surface area contributed by atoms with E-state index < -0.39 is 10.0 Å². The summed E-state index contributed by atoms with van der Waals surface area (Å²) in [5.74, 6) is -0.238. The third-order valence-electron chi connectivity index (χ3n) is 3.96. The minimum atomic E-state index is -3.58. The zero-order valence-electron chi connectivity index (χ0n) is 15.2. The minimum absolute atomic E-state index is 0.0389. The maximum atomic E-state index is 12.0. The highest BCUT2D eigenvalue weighted by atomic mass is 32.2. The summed E-state index contributed by atoms with van der Waals surface area (Å²) in [4.78, 5) is 11.9. The molecule has 0 aliphatic carbocycles. The van der Waals surface area contributed by atoms with Gasteiger partial charge in [0.2, 0.25) is 15.9 Å². The predicted octanol–water partition coefficient (Wildman–Crippen LogP) is 3.53. The van der Waals surface area contributed by atoms with Crippen LogP contribution >= 0.6 is 0 Å². The second kappa shape index (κ2) is 8.78. The van der Waals surface area contributed by atoms with Crippen molar-refractivity contribution < 1.29 is 13.2 Å². The fraction of sp³-hybridized carbons (Fsp3) is 0.250. The van der Waals surface area contributed by atoms with E-state index in [1.165, 1.54) is 6.08 Å². The highest BCUT2D eigenvalue weighted by molar-refractivity contribution is 7.92. The lowest BCUT2D eigenvalue weighted by Crippen LogP contribution is -2.26. The van der Waals surface area contributed by atoms with Gasteiger partial charge >= 0.3 is 0 Å². The van der Waals surface area contributed by atoms with E-state index in [9.17, 15) is 13.2 Å². The molecule has 2 aromatic carbocycles. The van der Waals surface area contributed by atoms with E-state index in [-0.39, 0.29) is 18.9 Å². The largest absolute Gasteiger partial charge is 0.326 e. The normalized spacial score (nSPS) is 11.7. The van der Waals surface area contributed by atoms with Crippen LogP contribution in [0.4, 0.5) is 5.69 Å². The number of anilines is 1. The third-order valence-corrected chi connectivity index (χ3v) is 5.06. The van der Waals surface area contributed by atoms with Gasteiger partial charge in [0.25, 0.3) is 0 Å². The molecule has 0 bridgehead atoms. The average Bonchev–Trinajstić information content (AvgIpc) is 2.57. The lowest BCUT2D eigenvalue weighted by atomic mass is 10.1. The number of hydrogen-bond acceptors (Lipinski definition) is 3. The number of rotatable bonds is 7. The van der Waals surface area contributed by atoms with Crippen molar-refractivity contribution in [1.29, 1.82) is 0 Å². The quantitative estimate of drug-likeness (QED) is 0.781. The van der Waals surface area contributed by atoms with Gasteiger partial charge in [-0.05, 0) is 55.7 Å². The van der Waals surface area contributed by atoms with E-state index in [0.29, 0.717) is 5.69 Å². The smallest absolute Gasteiger partial charge is 0.233 e. The van der Waals surface area contributed by atoms with Gasteiger partial charge in [-0.25, -0.2) is 13.1 Å². The first kappa shape index (κ1) is 19.9. The Labute approximate surface area is 155 Å². The number of sulfonamides is 1. The van der Waals surface area contributed by atoms with Gasteiger partial charge in [-0.1, -0.05) is 35.9 Å². The number of carbonyl (C=O) groups is 1. The Morgan fingerprint density at radius 1 is 1.00 bits per heavy atom. The van der Waals surface area contributed by atoms with Crippen molar-refractivity contribution in [3.8, 4) is 0 Å². The van der Waals surface area contributed by atoms with Crippen molar-refractivity contribution in [3.05, 3.63) is 70.1 Å². The Hall–Kier alpha value is -2.44. The zero-order chi connectivity index (χ0) is 19.2. The summed E-state index contributed by atoms with van der Waals surface area (Å²) in [6.07, 6.45) is 1.58. The number of amides is 1. The lowest BCUT2D eigenvalue weighted by molar-refractivity contribution is -0.116. The molecule has 0 fully saturated rings. The fourth-order valence-electron chi connectivity index (χ4n) is 2.24. The van der Waals surface area contributed by atoms with Crippen LogP contribution in [0.5, 0.6) is 0 Å². The van der Waals surface area contributed by atoms with Crippen molar-refractivity contribution in [2.45, 2.75) is 27.2 Å². The van der Waals surface area contributed by atoms with E-state index in [2.05, 4.69) is 10.0 Å². The highest BCUT2D eigenvalue weighted by Crippen LogP contribution is 2.14. The molecule has 5 nitrogen and oxygen atoms in total. The first-order valence-corrected chi connectivity index (χ1v) is 9.91. The van der Waals surface area contributed by atoms with E-state index in [0.717, 1.165) is 27.7 Å². The van der Waals surface area contributed by atoms with Crippen molar-refractivity contribution in [2.75, 3.05) is 11.9 Å². The van der Waals surface area contributed by atoms with Crippen LogP contribution in [0.15, 0.2) is 47.9 Å². The molecule has 1 amide bonds. The highest BCUT2D eigenvalue weighted by Gasteiger charge is 2.08. The maximum absolute atomic E-state index is 12.0. The van der Waals surface area contributed by atoms with Crippen LogP contribution in [-0.2, 0) is 14.8 Å². The maximum Gasteiger partial charge on any atom is 0.233 e. The minimum Gasteiger partial charge on any atom is -0.326 e. The molecule has 0 saturated heterocycles.